The van der Waals surface area contributed by atoms with Gasteiger partial charge in [0.1, 0.15) is 11.5 Å². The van der Waals surface area contributed by atoms with Crippen molar-refractivity contribution in [1.29, 1.82) is 0 Å². The molecule has 0 aromatic heterocycles. The number of β-amino-alcohol motifs (C(OH)–C–C–N with tert-alkyl or cyclic N) is 1. The van der Waals surface area contributed by atoms with Crippen molar-refractivity contribution in [2.75, 3.05) is 27.3 Å². The Kier molecular flexibility index (Phi) is 4.27. The lowest BCUT2D eigenvalue weighted by Gasteiger charge is -2.16. The van der Waals surface area contributed by atoms with E-state index in [-0.39, 0.29) is 12.3 Å². The van der Waals surface area contributed by atoms with Crippen LogP contribution < -0.4 is 9.47 Å². The molecule has 1 fully saturated rings. The largest absolute Gasteiger partial charge is 0.497 e. The number of benzene rings is 1. The van der Waals surface area contributed by atoms with Gasteiger partial charge in [0.2, 0.25) is 5.91 Å². The highest BCUT2D eigenvalue weighted by Gasteiger charge is 2.27. The van der Waals surface area contributed by atoms with Crippen molar-refractivity contribution in [1.82, 2.24) is 4.90 Å². The van der Waals surface area contributed by atoms with Crippen molar-refractivity contribution in [3.63, 3.8) is 0 Å². The second-order valence-electron chi connectivity index (χ2n) is 4.67. The van der Waals surface area contributed by atoms with Gasteiger partial charge in [-0.3, -0.25) is 4.79 Å². The van der Waals surface area contributed by atoms with Crippen LogP contribution in [-0.4, -0.2) is 49.3 Å². The smallest absolute Gasteiger partial charge is 0.225 e. The lowest BCUT2D eigenvalue weighted by molar-refractivity contribution is -0.127. The number of methoxy groups -OCH3 is 2. The summed E-state index contributed by atoms with van der Waals surface area (Å²) in [7, 11) is 3.22. The quantitative estimate of drug-likeness (QED) is 0.857. The van der Waals surface area contributed by atoms with E-state index < -0.39 is 6.10 Å². The Bertz CT molecular complexity index is 439. The minimum atomic E-state index is -0.521. The van der Waals surface area contributed by atoms with Gasteiger partial charge in [0.15, 0.2) is 0 Å². The van der Waals surface area contributed by atoms with Crippen LogP contribution in [0.5, 0.6) is 11.5 Å². The number of aliphatic hydroxyl groups is 1. The van der Waals surface area contributed by atoms with Gasteiger partial charge in [0, 0.05) is 19.2 Å². The van der Waals surface area contributed by atoms with E-state index in [9.17, 15) is 9.90 Å². The molecule has 0 spiro atoms. The first-order valence-corrected chi connectivity index (χ1v) is 6.30. The van der Waals surface area contributed by atoms with Crippen LogP contribution in [0.2, 0.25) is 0 Å². The molecule has 0 radical (unpaired) electrons. The molecule has 1 atom stereocenters. The lowest BCUT2D eigenvalue weighted by Crippen LogP contribution is -2.28. The molecule has 2 rings (SSSR count). The lowest BCUT2D eigenvalue weighted by atomic mass is 10.1. The summed E-state index contributed by atoms with van der Waals surface area (Å²) in [6, 6.07) is 5.67. The van der Waals surface area contributed by atoms with Crippen molar-refractivity contribution < 1.29 is 19.4 Å². The third-order valence-electron chi connectivity index (χ3n) is 3.28. The Hall–Kier alpha value is -1.75. The Labute approximate surface area is 112 Å². The molecule has 1 amide bonds. The number of hydrogen-bond acceptors (Lipinski definition) is 4. The van der Waals surface area contributed by atoms with E-state index in [0.29, 0.717) is 19.5 Å². The van der Waals surface area contributed by atoms with Crippen LogP contribution in [0.1, 0.15) is 12.0 Å². The molecular formula is C14H19NO4. The van der Waals surface area contributed by atoms with E-state index in [1.165, 1.54) is 0 Å². The molecule has 1 aromatic carbocycles. The molecule has 0 bridgehead atoms. The highest BCUT2D eigenvalue weighted by Crippen LogP contribution is 2.23. The number of rotatable bonds is 5. The van der Waals surface area contributed by atoms with Crippen molar-refractivity contribution in [2.24, 2.45) is 0 Å². The molecule has 1 heterocycles. The van der Waals surface area contributed by atoms with Crippen molar-refractivity contribution >= 4 is 5.91 Å². The number of carbonyl (C=O) groups is 1. The molecular weight excluding hydrogens is 246 g/mol. The first-order valence-electron chi connectivity index (χ1n) is 6.30. The first kappa shape index (κ1) is 13.7. The molecule has 19 heavy (non-hydrogen) atoms. The molecule has 0 aliphatic carbocycles. The minimum absolute atomic E-state index is 0.0161. The van der Waals surface area contributed by atoms with Gasteiger partial charge in [0.05, 0.1) is 26.7 Å². The zero-order valence-corrected chi connectivity index (χ0v) is 11.3. The van der Waals surface area contributed by atoms with Crippen molar-refractivity contribution in [3.05, 3.63) is 23.8 Å². The number of amides is 1. The summed E-state index contributed by atoms with van der Waals surface area (Å²) in [5, 5.41) is 9.43. The number of nitrogens with zero attached hydrogens (tertiary/aromatic N) is 1. The Morgan fingerprint density at radius 1 is 1.26 bits per heavy atom. The fourth-order valence-corrected chi connectivity index (χ4v) is 2.24. The van der Waals surface area contributed by atoms with Gasteiger partial charge in [-0.05, 0) is 24.1 Å². The summed E-state index contributed by atoms with van der Waals surface area (Å²) in [6.07, 6.45) is 0.431. The number of aliphatic hydroxyl groups excluding tert-OH is 1. The van der Waals surface area contributed by atoms with Gasteiger partial charge < -0.3 is 19.5 Å². The molecule has 1 N–H and O–H groups in total. The Balaban J connectivity index is 2.01. The molecule has 5 nitrogen and oxygen atoms in total. The standard InChI is InChI=1S/C14H19NO4/c1-18-12-5-10(6-13(8-12)19-2)3-4-15-9-11(16)7-14(15)17/h5-6,8,11,16H,3-4,7,9H2,1-2H3. The molecule has 1 unspecified atom stereocenters. The predicted octanol–water partition coefficient (Wildman–Crippen LogP) is 0.839. The van der Waals surface area contributed by atoms with Crippen LogP contribution in [0.3, 0.4) is 0 Å². The van der Waals surface area contributed by atoms with E-state index in [0.717, 1.165) is 17.1 Å². The van der Waals surface area contributed by atoms with E-state index in [2.05, 4.69) is 0 Å². The SMILES string of the molecule is COc1cc(CCN2CC(O)CC2=O)cc(OC)c1. The fourth-order valence-electron chi connectivity index (χ4n) is 2.24. The van der Waals surface area contributed by atoms with Crippen LogP contribution in [-0.2, 0) is 11.2 Å². The van der Waals surface area contributed by atoms with Crippen LogP contribution in [0.25, 0.3) is 0 Å². The zero-order chi connectivity index (χ0) is 13.8. The van der Waals surface area contributed by atoms with Crippen LogP contribution in [0.15, 0.2) is 18.2 Å². The summed E-state index contributed by atoms with van der Waals surface area (Å²) < 4.78 is 10.4. The van der Waals surface area contributed by atoms with E-state index >= 15 is 0 Å². The summed E-state index contributed by atoms with van der Waals surface area (Å²) in [5.74, 6) is 1.49. The zero-order valence-electron chi connectivity index (χ0n) is 11.3. The van der Waals surface area contributed by atoms with E-state index in [4.69, 9.17) is 9.47 Å². The van der Waals surface area contributed by atoms with E-state index in [1.54, 1.807) is 19.1 Å². The normalized spacial score (nSPS) is 18.8. The average Bonchev–Trinajstić information content (AvgIpc) is 2.74. The van der Waals surface area contributed by atoms with Crippen LogP contribution in [0, 0.1) is 0 Å². The fraction of sp³-hybridized carbons (Fsp3) is 0.500. The van der Waals surface area contributed by atoms with Crippen LogP contribution >= 0.6 is 0 Å². The summed E-state index contributed by atoms with van der Waals surface area (Å²) >= 11 is 0. The average molecular weight is 265 g/mol. The number of hydrogen-bond donors (Lipinski definition) is 1. The summed E-state index contributed by atoms with van der Waals surface area (Å²) in [4.78, 5) is 13.3. The van der Waals surface area contributed by atoms with Gasteiger partial charge in [-0.15, -0.1) is 0 Å². The monoisotopic (exact) mass is 265 g/mol. The molecule has 1 saturated heterocycles. The third kappa shape index (κ3) is 3.38. The third-order valence-corrected chi connectivity index (χ3v) is 3.28. The van der Waals surface area contributed by atoms with Gasteiger partial charge in [0.25, 0.3) is 0 Å². The summed E-state index contributed by atoms with van der Waals surface area (Å²) in [5.41, 5.74) is 1.05. The molecule has 5 heteroatoms. The second kappa shape index (κ2) is 5.93. The number of ether oxygens (including phenoxy) is 2. The molecule has 1 aliphatic rings. The highest BCUT2D eigenvalue weighted by atomic mass is 16.5. The Morgan fingerprint density at radius 2 is 1.89 bits per heavy atom. The maximum atomic E-state index is 11.6. The van der Waals surface area contributed by atoms with Crippen molar-refractivity contribution in [3.8, 4) is 11.5 Å². The first-order chi connectivity index (χ1) is 9.12. The molecule has 1 aliphatic heterocycles. The predicted molar refractivity (Wildman–Crippen MR) is 70.5 cm³/mol. The van der Waals surface area contributed by atoms with E-state index in [1.807, 2.05) is 18.2 Å². The Morgan fingerprint density at radius 3 is 2.37 bits per heavy atom. The number of carbonyl (C=O) groups excluding carboxylic acids is 1. The summed E-state index contributed by atoms with van der Waals surface area (Å²) in [6.45, 7) is 1.03. The van der Waals surface area contributed by atoms with Crippen molar-refractivity contribution in [2.45, 2.75) is 18.9 Å². The maximum absolute atomic E-state index is 11.6. The van der Waals surface area contributed by atoms with Gasteiger partial charge in [-0.25, -0.2) is 0 Å². The molecule has 0 saturated carbocycles. The molecule has 104 valence electrons. The topological polar surface area (TPSA) is 59.0 Å². The minimum Gasteiger partial charge on any atom is -0.497 e. The van der Waals surface area contributed by atoms with Gasteiger partial charge in [-0.1, -0.05) is 0 Å². The van der Waals surface area contributed by atoms with Gasteiger partial charge in [-0.2, -0.15) is 0 Å². The van der Waals surface area contributed by atoms with Crippen LogP contribution in [0.4, 0.5) is 0 Å². The molecule has 1 aromatic rings. The second-order valence-corrected chi connectivity index (χ2v) is 4.67. The van der Waals surface area contributed by atoms with Gasteiger partial charge >= 0.3 is 0 Å². The highest BCUT2D eigenvalue weighted by molar-refractivity contribution is 5.79. The maximum Gasteiger partial charge on any atom is 0.225 e. The number of likely N-dealkylation sites (tertiary alicyclic amines) is 1.